The molecule has 0 aromatic heterocycles. The fourth-order valence-corrected chi connectivity index (χ4v) is 4.94. The molecule has 2 aromatic carbocycles. The molecular formula is C24H32F4O3S3. The smallest absolute Gasteiger partial charge is 0.180 e. The standard InChI is InChI=1S/C18H26F4O3S2.C6H6S/c1-2-3-4-5-6-7-8-9-10-11-12-26-17-13(19)15(21)18(27(23,24)25)16(22)14(17)20;7-6-4-2-1-3-5-6/h2-12H2,1H3,(H,23,24,25);1-5,7H. The zero-order valence-corrected chi connectivity index (χ0v) is 21.9. The summed E-state index contributed by atoms with van der Waals surface area (Å²) < 4.78 is 87.3. The fourth-order valence-electron chi connectivity index (χ4n) is 3.14. The molecular weight excluding hydrogens is 508 g/mol. The molecule has 2 rings (SSSR count). The molecule has 10 heteroatoms. The van der Waals surface area contributed by atoms with Crippen molar-refractivity contribution < 1.29 is 30.5 Å². The zero-order valence-electron chi connectivity index (χ0n) is 19.2. The molecule has 3 nitrogen and oxygen atoms in total. The summed E-state index contributed by atoms with van der Waals surface area (Å²) in [5, 5.41) is 0. The Balaban J connectivity index is 0.000000700. The van der Waals surface area contributed by atoms with Crippen molar-refractivity contribution in [3.63, 3.8) is 0 Å². The number of thioether (sulfide) groups is 1. The van der Waals surface area contributed by atoms with Gasteiger partial charge in [-0.05, 0) is 36.9 Å². The van der Waals surface area contributed by atoms with Gasteiger partial charge in [-0.2, -0.15) is 0 Å². The van der Waals surface area contributed by atoms with Crippen LogP contribution in [-0.4, -0.2) is 18.7 Å². The van der Waals surface area contributed by atoms with Gasteiger partial charge in [-0.15, -0.1) is 11.8 Å². The number of hydrogen-bond acceptors (Lipinski definition) is 4. The van der Waals surface area contributed by atoms with Crippen molar-refractivity contribution in [3.05, 3.63) is 53.6 Å². The zero-order chi connectivity index (χ0) is 25.6. The van der Waals surface area contributed by atoms with E-state index in [9.17, 15) is 30.5 Å². The lowest BCUT2D eigenvalue weighted by Gasteiger charge is -2.13. The Morgan fingerprint density at radius 3 is 1.59 bits per heavy atom. The molecule has 0 bridgehead atoms. The lowest BCUT2D eigenvalue weighted by molar-refractivity contribution is 0.381. The molecule has 0 amide bonds. The average molecular weight is 541 g/mol. The predicted octanol–water partition coefficient (Wildman–Crippen LogP) is 7.22. The van der Waals surface area contributed by atoms with E-state index < -0.39 is 43.2 Å². The normalized spacial score (nSPS) is 11.3. The molecule has 0 spiro atoms. The van der Waals surface area contributed by atoms with Crippen molar-refractivity contribution in [1.82, 2.24) is 0 Å². The second-order valence-electron chi connectivity index (χ2n) is 7.76. The number of rotatable bonds is 13. The first kappa shape index (κ1) is 30.8. The maximum Gasteiger partial charge on any atom is 0.180 e. The van der Waals surface area contributed by atoms with E-state index in [1.54, 1.807) is 0 Å². The summed E-state index contributed by atoms with van der Waals surface area (Å²) in [6.45, 7) is 2.17. The summed E-state index contributed by atoms with van der Waals surface area (Å²) in [6.07, 6.45) is 10.7. The van der Waals surface area contributed by atoms with E-state index in [0.717, 1.165) is 30.6 Å². The summed E-state index contributed by atoms with van der Waals surface area (Å²) in [5.74, 6) is -7.81. The molecule has 34 heavy (non-hydrogen) atoms. The quantitative estimate of drug-likeness (QED) is 0.0672. The second kappa shape index (κ2) is 16.4. The van der Waals surface area contributed by atoms with Gasteiger partial charge in [0.1, 0.15) is 19.9 Å². The molecule has 2 aromatic rings. The Labute approximate surface area is 209 Å². The first-order chi connectivity index (χ1) is 16.1. The van der Waals surface area contributed by atoms with E-state index in [-0.39, 0.29) is 5.75 Å². The molecule has 0 aliphatic heterocycles. The Morgan fingerprint density at radius 1 is 0.765 bits per heavy atom. The predicted molar refractivity (Wildman–Crippen MR) is 132 cm³/mol. The van der Waals surface area contributed by atoms with Crippen LogP contribution in [0.3, 0.4) is 0 Å². The first-order valence-corrected chi connectivity index (χ1v) is 14.2. The highest BCUT2D eigenvalue weighted by atomic mass is 32.2. The van der Waals surface area contributed by atoms with E-state index in [4.69, 9.17) is 0 Å². The highest BCUT2D eigenvalue weighted by molar-refractivity contribution is 7.99. The lowest BCUT2D eigenvalue weighted by atomic mass is 10.1. The van der Waals surface area contributed by atoms with Crippen LogP contribution in [0.1, 0.15) is 71.1 Å². The van der Waals surface area contributed by atoms with E-state index in [0.29, 0.717) is 18.2 Å². The molecule has 0 atom stereocenters. The highest BCUT2D eigenvalue weighted by Gasteiger charge is 2.28. The number of benzene rings is 2. The third-order valence-corrected chi connectivity index (χ3v) is 7.28. The Hall–Kier alpha value is -1.23. The van der Waals surface area contributed by atoms with Crippen molar-refractivity contribution in [3.8, 4) is 0 Å². The SMILES string of the molecule is CCCCCCCCCCCCSc1c(F)c(F)c(S(=O)(=O)[O-])c(F)c1F.[SH2+]c1ccccc1. The van der Waals surface area contributed by atoms with E-state index >= 15 is 0 Å². The maximum absolute atomic E-state index is 13.8. The van der Waals surface area contributed by atoms with Crippen LogP contribution >= 0.6 is 11.8 Å². The molecule has 0 fully saturated rings. The van der Waals surface area contributed by atoms with Crippen molar-refractivity contribution in [2.45, 2.75) is 85.8 Å². The van der Waals surface area contributed by atoms with Gasteiger partial charge in [-0.25, -0.2) is 26.0 Å². The Kier molecular flexibility index (Phi) is 14.9. The van der Waals surface area contributed by atoms with E-state index in [2.05, 4.69) is 19.6 Å². The van der Waals surface area contributed by atoms with Crippen molar-refractivity contribution >= 4 is 34.5 Å². The second-order valence-corrected chi connectivity index (χ2v) is 10.8. The largest absolute Gasteiger partial charge is 0.744 e. The third-order valence-electron chi connectivity index (χ3n) is 4.95. The molecule has 0 heterocycles. The van der Waals surface area contributed by atoms with Crippen molar-refractivity contribution in [1.29, 1.82) is 0 Å². The van der Waals surface area contributed by atoms with Crippen LogP contribution in [-0.2, 0) is 22.7 Å². The lowest BCUT2D eigenvalue weighted by Crippen LogP contribution is -2.11. The molecule has 0 unspecified atom stereocenters. The fraction of sp³-hybridized carbons (Fsp3) is 0.500. The number of halogens is 4. The average Bonchev–Trinajstić information content (AvgIpc) is 2.78. The van der Waals surface area contributed by atoms with Gasteiger partial charge in [0.2, 0.25) is 0 Å². The summed E-state index contributed by atoms with van der Waals surface area (Å²) in [7, 11) is -5.66. The van der Waals surface area contributed by atoms with Crippen LogP contribution in [0, 0.1) is 23.3 Å². The summed E-state index contributed by atoms with van der Waals surface area (Å²) in [6, 6.07) is 9.96. The van der Waals surface area contributed by atoms with Crippen molar-refractivity contribution in [2.75, 3.05) is 5.75 Å². The molecule has 0 radical (unpaired) electrons. The monoisotopic (exact) mass is 540 g/mol. The Morgan fingerprint density at radius 2 is 1.21 bits per heavy atom. The van der Waals surface area contributed by atoms with Crippen LogP contribution in [0.25, 0.3) is 0 Å². The van der Waals surface area contributed by atoms with E-state index in [1.807, 2.05) is 30.3 Å². The van der Waals surface area contributed by atoms with Crippen LogP contribution in [0.4, 0.5) is 17.6 Å². The van der Waals surface area contributed by atoms with Gasteiger partial charge in [0, 0.05) is 0 Å². The maximum atomic E-state index is 13.8. The van der Waals surface area contributed by atoms with Crippen LogP contribution in [0.15, 0.2) is 45.0 Å². The van der Waals surface area contributed by atoms with Gasteiger partial charge in [0.15, 0.2) is 23.3 Å². The summed E-state index contributed by atoms with van der Waals surface area (Å²) in [4.78, 5) is -1.92. The third kappa shape index (κ3) is 11.0. The first-order valence-electron chi connectivity index (χ1n) is 11.3. The molecule has 0 N–H and O–H groups in total. The Bertz CT molecular complexity index is 942. The topological polar surface area (TPSA) is 57.2 Å². The minimum absolute atomic E-state index is 0.229. The van der Waals surface area contributed by atoms with Gasteiger partial charge in [0.05, 0.1) is 4.90 Å². The van der Waals surface area contributed by atoms with Gasteiger partial charge < -0.3 is 4.55 Å². The van der Waals surface area contributed by atoms with Gasteiger partial charge in [-0.1, -0.05) is 82.9 Å². The van der Waals surface area contributed by atoms with Gasteiger partial charge in [-0.3, -0.25) is 0 Å². The highest BCUT2D eigenvalue weighted by Crippen LogP contribution is 2.34. The van der Waals surface area contributed by atoms with Gasteiger partial charge in [0.25, 0.3) is 0 Å². The van der Waals surface area contributed by atoms with Crippen LogP contribution in [0.2, 0.25) is 0 Å². The minimum atomic E-state index is -5.66. The van der Waals surface area contributed by atoms with E-state index in [1.165, 1.54) is 32.1 Å². The van der Waals surface area contributed by atoms with Gasteiger partial charge >= 0.3 is 0 Å². The minimum Gasteiger partial charge on any atom is -0.744 e. The molecule has 192 valence electrons. The molecule has 0 aliphatic carbocycles. The van der Waals surface area contributed by atoms with Crippen LogP contribution in [0.5, 0.6) is 0 Å². The number of hydrogen-bond donors (Lipinski definition) is 0. The molecule has 0 saturated heterocycles. The van der Waals surface area contributed by atoms with Crippen LogP contribution < -0.4 is 0 Å². The molecule has 0 aliphatic rings. The van der Waals surface area contributed by atoms with Crippen molar-refractivity contribution in [2.24, 2.45) is 0 Å². The number of unbranched alkanes of at least 4 members (excludes halogenated alkanes) is 9. The molecule has 0 saturated carbocycles. The summed E-state index contributed by atoms with van der Waals surface area (Å²) >= 11 is 3.93. The summed E-state index contributed by atoms with van der Waals surface area (Å²) in [5.41, 5.74) is 0.